The van der Waals surface area contributed by atoms with Crippen molar-refractivity contribution in [3.63, 3.8) is 0 Å². The molecular weight excluding hydrogens is 230 g/mol. The van der Waals surface area contributed by atoms with Crippen molar-refractivity contribution >= 4 is 113 Å². The number of benzene rings is 1. The molecule has 1 aromatic carbocycles. The summed E-state index contributed by atoms with van der Waals surface area (Å²) in [5.74, 6) is 0. The molecule has 0 aliphatic carbocycles. The third-order valence-electron chi connectivity index (χ3n) is 1.04. The molecule has 12 heavy (non-hydrogen) atoms. The molecule has 58 valence electrons. The van der Waals surface area contributed by atoms with Gasteiger partial charge in [0.2, 0.25) is 0 Å². The topological polar surface area (TPSA) is 54.4 Å². The van der Waals surface area contributed by atoms with Crippen molar-refractivity contribution in [2.75, 3.05) is 0 Å². The van der Waals surface area contributed by atoms with E-state index in [1.54, 1.807) is 18.2 Å². The SMILES string of the molecule is O=S(=O)(O)c1ccccc1.[KH].[KH]. The average Bonchev–Trinajstić information content (AvgIpc) is 1.88. The molecule has 0 fully saturated rings. The molecule has 0 spiro atoms. The van der Waals surface area contributed by atoms with Crippen LogP contribution in [0.15, 0.2) is 35.2 Å². The van der Waals surface area contributed by atoms with Crippen LogP contribution in [-0.4, -0.2) is 116 Å². The molecule has 0 radical (unpaired) electrons. The summed E-state index contributed by atoms with van der Waals surface area (Å²) in [5, 5.41) is 0. The summed E-state index contributed by atoms with van der Waals surface area (Å²) in [5.41, 5.74) is 0. The van der Waals surface area contributed by atoms with E-state index >= 15 is 0 Å². The maximum atomic E-state index is 10.4. The Hall–Kier alpha value is 2.40. The fourth-order valence-corrected chi connectivity index (χ4v) is 1.09. The van der Waals surface area contributed by atoms with Crippen LogP contribution in [0.1, 0.15) is 0 Å². The van der Waals surface area contributed by atoms with E-state index in [1.807, 2.05) is 0 Å². The van der Waals surface area contributed by atoms with Gasteiger partial charge < -0.3 is 0 Å². The predicted octanol–water partition coefficient (Wildman–Crippen LogP) is -0.364. The van der Waals surface area contributed by atoms with E-state index in [9.17, 15) is 8.42 Å². The van der Waals surface area contributed by atoms with Gasteiger partial charge in [-0.1, -0.05) is 18.2 Å². The minimum absolute atomic E-state index is 0. The zero-order valence-corrected chi connectivity index (χ0v) is 5.88. The molecule has 1 N–H and O–H groups in total. The minimum atomic E-state index is -4.00. The first-order valence-electron chi connectivity index (χ1n) is 2.63. The van der Waals surface area contributed by atoms with E-state index in [0.717, 1.165) is 0 Å². The molecule has 0 saturated carbocycles. The molecule has 6 heteroatoms. The van der Waals surface area contributed by atoms with E-state index in [0.29, 0.717) is 0 Å². The van der Waals surface area contributed by atoms with Gasteiger partial charge in [0.05, 0.1) is 4.90 Å². The first-order chi connectivity index (χ1) is 4.61. The Morgan fingerprint density at radius 1 is 1.00 bits per heavy atom. The number of hydrogen-bond donors (Lipinski definition) is 1. The third-order valence-corrected chi connectivity index (χ3v) is 1.91. The van der Waals surface area contributed by atoms with Gasteiger partial charge in [0.1, 0.15) is 0 Å². The average molecular weight is 238 g/mol. The fraction of sp³-hybridized carbons (Fsp3) is 0. The van der Waals surface area contributed by atoms with Gasteiger partial charge in [-0.25, -0.2) is 0 Å². The molecule has 0 aromatic heterocycles. The Labute approximate surface area is 157 Å². The Bertz CT molecular complexity index is 309. The van der Waals surface area contributed by atoms with E-state index in [4.69, 9.17) is 4.55 Å². The van der Waals surface area contributed by atoms with E-state index < -0.39 is 10.1 Å². The summed E-state index contributed by atoms with van der Waals surface area (Å²) >= 11 is 0. The van der Waals surface area contributed by atoms with Crippen LogP contribution in [0.2, 0.25) is 0 Å². The van der Waals surface area contributed by atoms with Gasteiger partial charge in [-0.05, 0) is 12.1 Å². The number of hydrogen-bond acceptors (Lipinski definition) is 2. The van der Waals surface area contributed by atoms with Crippen molar-refractivity contribution in [2.45, 2.75) is 4.90 Å². The van der Waals surface area contributed by atoms with Gasteiger partial charge in [0.15, 0.2) is 0 Å². The molecule has 0 aliphatic rings. The second-order valence-corrected chi connectivity index (χ2v) is 3.21. The predicted molar refractivity (Wildman–Crippen MR) is 50.6 cm³/mol. The third kappa shape index (κ3) is 5.99. The van der Waals surface area contributed by atoms with Crippen molar-refractivity contribution in [1.82, 2.24) is 0 Å². The van der Waals surface area contributed by atoms with Gasteiger partial charge >= 0.3 is 103 Å². The van der Waals surface area contributed by atoms with Crippen LogP contribution in [0, 0.1) is 0 Å². The van der Waals surface area contributed by atoms with Gasteiger partial charge in [-0.3, -0.25) is 4.55 Å². The van der Waals surface area contributed by atoms with E-state index in [1.165, 1.54) is 12.1 Å². The molecule has 1 aromatic rings. The molecule has 0 aliphatic heterocycles. The first-order valence-corrected chi connectivity index (χ1v) is 4.07. The molecule has 0 heterocycles. The first kappa shape index (κ1) is 16.8. The molecule has 0 atom stereocenters. The summed E-state index contributed by atoms with van der Waals surface area (Å²) in [7, 11) is -4.00. The van der Waals surface area contributed by atoms with Crippen LogP contribution in [0.4, 0.5) is 0 Å². The van der Waals surface area contributed by atoms with Crippen LogP contribution in [-0.2, 0) is 10.1 Å². The van der Waals surface area contributed by atoms with Crippen LogP contribution >= 0.6 is 0 Å². The van der Waals surface area contributed by atoms with Gasteiger partial charge in [-0.15, -0.1) is 0 Å². The van der Waals surface area contributed by atoms with Crippen molar-refractivity contribution < 1.29 is 13.0 Å². The Kier molecular flexibility index (Phi) is 10.7. The van der Waals surface area contributed by atoms with E-state index in [-0.39, 0.29) is 108 Å². The van der Waals surface area contributed by atoms with Crippen molar-refractivity contribution in [2.24, 2.45) is 0 Å². The van der Waals surface area contributed by atoms with Crippen LogP contribution < -0.4 is 0 Å². The standard InChI is InChI=1S/C6H6O3S.2K.2H/c7-10(8,9)6-4-2-1-3-5-6;;;;/h1-5H,(H,7,8,9);;;;. The second-order valence-electron chi connectivity index (χ2n) is 1.79. The van der Waals surface area contributed by atoms with Crippen LogP contribution in [0.5, 0.6) is 0 Å². The van der Waals surface area contributed by atoms with Crippen LogP contribution in [0.3, 0.4) is 0 Å². The summed E-state index contributed by atoms with van der Waals surface area (Å²) in [6.45, 7) is 0. The van der Waals surface area contributed by atoms with Gasteiger partial charge in [0, 0.05) is 0 Å². The zero-order chi connectivity index (χ0) is 7.61. The number of rotatable bonds is 1. The monoisotopic (exact) mass is 238 g/mol. The van der Waals surface area contributed by atoms with Crippen LogP contribution in [0.25, 0.3) is 0 Å². The Morgan fingerprint density at radius 3 is 1.67 bits per heavy atom. The zero-order valence-electron chi connectivity index (χ0n) is 5.06. The quantitative estimate of drug-likeness (QED) is 0.537. The molecule has 0 saturated heterocycles. The molecule has 0 unspecified atom stereocenters. The Balaban J connectivity index is 0. The Morgan fingerprint density at radius 2 is 1.42 bits per heavy atom. The van der Waals surface area contributed by atoms with Crippen molar-refractivity contribution in [3.8, 4) is 0 Å². The molecular formula is C6H8K2O3S. The van der Waals surface area contributed by atoms with Gasteiger partial charge in [-0.2, -0.15) is 8.42 Å². The second kappa shape index (κ2) is 7.66. The molecule has 0 bridgehead atoms. The van der Waals surface area contributed by atoms with Gasteiger partial charge in [0.25, 0.3) is 10.1 Å². The fourth-order valence-electron chi connectivity index (χ4n) is 0.592. The molecule has 1 rings (SSSR count). The van der Waals surface area contributed by atoms with E-state index in [2.05, 4.69) is 0 Å². The summed E-state index contributed by atoms with van der Waals surface area (Å²) in [6, 6.07) is 7.42. The van der Waals surface area contributed by atoms with Crippen molar-refractivity contribution in [3.05, 3.63) is 30.3 Å². The normalized spacial score (nSPS) is 9.42. The summed E-state index contributed by atoms with van der Waals surface area (Å²) in [4.78, 5) is -0.0741. The van der Waals surface area contributed by atoms with Crippen molar-refractivity contribution in [1.29, 1.82) is 0 Å². The summed E-state index contributed by atoms with van der Waals surface area (Å²) in [6.07, 6.45) is 0. The summed E-state index contributed by atoms with van der Waals surface area (Å²) < 4.78 is 29.2. The maximum absolute atomic E-state index is 10.4. The molecule has 0 amide bonds. The molecule has 3 nitrogen and oxygen atoms in total.